The zero-order valence-corrected chi connectivity index (χ0v) is 14.6. The Morgan fingerprint density at radius 3 is 2.38 bits per heavy atom. The summed E-state index contributed by atoms with van der Waals surface area (Å²) in [4.78, 5) is 17.4. The van der Waals surface area contributed by atoms with E-state index in [0.717, 1.165) is 23.5 Å². The molecule has 5 heteroatoms. The van der Waals surface area contributed by atoms with Crippen LogP contribution in [0.4, 0.5) is 15.8 Å². The number of anilines is 2. The highest BCUT2D eigenvalue weighted by molar-refractivity contribution is 5.95. The van der Waals surface area contributed by atoms with Crippen LogP contribution in [0.25, 0.3) is 0 Å². The van der Waals surface area contributed by atoms with Crippen molar-refractivity contribution in [2.24, 2.45) is 5.92 Å². The monoisotopic (exact) mass is 329 g/mol. The lowest BCUT2D eigenvalue weighted by atomic mass is 9.90. The number of benzene rings is 1. The normalized spacial score (nSPS) is 12.1. The summed E-state index contributed by atoms with van der Waals surface area (Å²) in [5.41, 5.74) is 3.24. The van der Waals surface area contributed by atoms with Crippen LogP contribution in [0.3, 0.4) is 0 Å². The van der Waals surface area contributed by atoms with Crippen molar-refractivity contribution in [3.63, 3.8) is 0 Å². The van der Waals surface area contributed by atoms with E-state index in [2.05, 4.69) is 15.6 Å². The zero-order chi connectivity index (χ0) is 17.7. The van der Waals surface area contributed by atoms with Crippen LogP contribution in [-0.2, 0) is 11.2 Å². The lowest BCUT2D eigenvalue weighted by Crippen LogP contribution is -2.26. The van der Waals surface area contributed by atoms with E-state index in [-0.39, 0.29) is 23.6 Å². The van der Waals surface area contributed by atoms with Gasteiger partial charge in [0.2, 0.25) is 5.91 Å². The topological polar surface area (TPSA) is 54.0 Å². The summed E-state index contributed by atoms with van der Waals surface area (Å²) >= 11 is 0. The van der Waals surface area contributed by atoms with Crippen molar-refractivity contribution in [2.75, 3.05) is 17.7 Å². The van der Waals surface area contributed by atoms with Crippen molar-refractivity contribution in [1.82, 2.24) is 4.98 Å². The van der Waals surface area contributed by atoms with E-state index in [1.807, 2.05) is 40.0 Å². The molecule has 0 saturated carbocycles. The Bertz CT molecular complexity index is 698. The third kappa shape index (κ3) is 4.10. The van der Waals surface area contributed by atoms with Crippen LogP contribution >= 0.6 is 0 Å². The number of aryl methyl sites for hydroxylation is 1. The van der Waals surface area contributed by atoms with Gasteiger partial charge in [0.15, 0.2) is 0 Å². The second-order valence-electron chi connectivity index (χ2n) is 6.05. The maximum atomic E-state index is 13.0. The van der Waals surface area contributed by atoms with Gasteiger partial charge in [-0.3, -0.25) is 9.78 Å². The number of hydrogen-bond acceptors (Lipinski definition) is 3. The summed E-state index contributed by atoms with van der Waals surface area (Å²) in [5, 5.41) is 5.97. The maximum absolute atomic E-state index is 13.0. The van der Waals surface area contributed by atoms with Crippen LogP contribution in [0.15, 0.2) is 36.4 Å². The molecule has 2 aromatic rings. The highest BCUT2D eigenvalue weighted by Gasteiger charge is 2.26. The van der Waals surface area contributed by atoms with Gasteiger partial charge in [-0.05, 0) is 48.7 Å². The smallest absolute Gasteiger partial charge is 0.233 e. The molecular weight excluding hydrogens is 305 g/mol. The Hall–Kier alpha value is -2.43. The molecule has 0 aliphatic heterocycles. The van der Waals surface area contributed by atoms with Crippen molar-refractivity contribution in [3.8, 4) is 0 Å². The molecule has 2 rings (SSSR count). The van der Waals surface area contributed by atoms with Crippen LogP contribution in [0.2, 0.25) is 0 Å². The molecule has 0 spiro atoms. The first-order valence-electron chi connectivity index (χ1n) is 8.20. The van der Waals surface area contributed by atoms with Gasteiger partial charge in [-0.15, -0.1) is 0 Å². The average Bonchev–Trinajstić information content (AvgIpc) is 2.56. The van der Waals surface area contributed by atoms with E-state index in [0.29, 0.717) is 5.69 Å². The third-order valence-corrected chi connectivity index (χ3v) is 3.98. The SMILES string of the molecule is CCc1nc(C(C(=O)Nc2ccc(F)cc2)C(C)C)ccc1NC. The molecule has 0 aliphatic carbocycles. The molecule has 0 bridgehead atoms. The van der Waals surface area contributed by atoms with Crippen LogP contribution in [0.1, 0.15) is 38.1 Å². The van der Waals surface area contributed by atoms with Crippen molar-refractivity contribution < 1.29 is 9.18 Å². The summed E-state index contributed by atoms with van der Waals surface area (Å²) in [6, 6.07) is 9.62. The fourth-order valence-corrected chi connectivity index (χ4v) is 2.72. The van der Waals surface area contributed by atoms with Crippen LogP contribution < -0.4 is 10.6 Å². The lowest BCUT2D eigenvalue weighted by Gasteiger charge is -2.21. The molecule has 24 heavy (non-hydrogen) atoms. The number of nitrogens with zero attached hydrogens (tertiary/aromatic N) is 1. The standard InChI is InChI=1S/C19H24FN3O/c1-5-15-16(21-4)10-11-17(23-15)18(12(2)3)19(24)22-14-8-6-13(20)7-9-14/h6-12,18,21H,5H2,1-4H3,(H,22,24). The average molecular weight is 329 g/mol. The van der Waals surface area contributed by atoms with Crippen molar-refractivity contribution in [1.29, 1.82) is 0 Å². The summed E-state index contributed by atoms with van der Waals surface area (Å²) < 4.78 is 13.0. The van der Waals surface area contributed by atoms with Crippen molar-refractivity contribution >= 4 is 17.3 Å². The Kier molecular flexibility index (Phi) is 5.90. The molecule has 0 aliphatic rings. The Balaban J connectivity index is 2.28. The Labute approximate surface area is 142 Å². The van der Waals surface area contributed by atoms with E-state index in [4.69, 9.17) is 0 Å². The Morgan fingerprint density at radius 2 is 1.83 bits per heavy atom. The molecule has 1 aromatic heterocycles. The number of rotatable bonds is 6. The summed E-state index contributed by atoms with van der Waals surface area (Å²) in [6.45, 7) is 6.03. The number of carbonyl (C=O) groups is 1. The number of halogens is 1. The van der Waals surface area contributed by atoms with Gasteiger partial charge in [0.1, 0.15) is 5.82 Å². The van der Waals surface area contributed by atoms with E-state index >= 15 is 0 Å². The van der Waals surface area contributed by atoms with E-state index < -0.39 is 0 Å². The van der Waals surface area contributed by atoms with Gasteiger partial charge in [0, 0.05) is 12.7 Å². The molecule has 0 fully saturated rings. The van der Waals surface area contributed by atoms with E-state index in [9.17, 15) is 9.18 Å². The predicted octanol–water partition coefficient (Wildman–Crippen LogP) is 4.20. The molecule has 2 N–H and O–H groups in total. The number of pyridine rings is 1. The molecule has 1 amide bonds. The molecule has 4 nitrogen and oxygen atoms in total. The van der Waals surface area contributed by atoms with Crippen LogP contribution in [0.5, 0.6) is 0 Å². The van der Waals surface area contributed by atoms with Crippen LogP contribution in [-0.4, -0.2) is 17.9 Å². The number of aromatic nitrogens is 1. The van der Waals surface area contributed by atoms with E-state index in [1.165, 1.54) is 12.1 Å². The number of hydrogen-bond donors (Lipinski definition) is 2. The fraction of sp³-hybridized carbons (Fsp3) is 0.368. The fourth-order valence-electron chi connectivity index (χ4n) is 2.72. The molecule has 1 aromatic carbocycles. The van der Waals surface area contributed by atoms with Gasteiger partial charge < -0.3 is 10.6 Å². The minimum absolute atomic E-state index is 0.0862. The minimum atomic E-state index is -0.369. The van der Waals surface area contributed by atoms with Gasteiger partial charge >= 0.3 is 0 Å². The van der Waals surface area contributed by atoms with Crippen molar-refractivity contribution in [2.45, 2.75) is 33.1 Å². The van der Waals surface area contributed by atoms with Crippen molar-refractivity contribution in [3.05, 3.63) is 53.6 Å². The summed E-state index contributed by atoms with van der Waals surface area (Å²) in [5.74, 6) is -0.747. The van der Waals surface area contributed by atoms with Gasteiger partial charge in [-0.25, -0.2) is 4.39 Å². The van der Waals surface area contributed by atoms with Crippen LogP contribution in [0, 0.1) is 11.7 Å². The summed E-state index contributed by atoms with van der Waals surface area (Å²) in [7, 11) is 1.86. The second-order valence-corrected chi connectivity index (χ2v) is 6.05. The largest absolute Gasteiger partial charge is 0.387 e. The van der Waals surface area contributed by atoms with Gasteiger partial charge in [-0.2, -0.15) is 0 Å². The third-order valence-electron chi connectivity index (χ3n) is 3.98. The lowest BCUT2D eigenvalue weighted by molar-refractivity contribution is -0.118. The highest BCUT2D eigenvalue weighted by Crippen LogP contribution is 2.27. The molecule has 0 radical (unpaired) electrons. The number of nitrogens with one attached hydrogen (secondary N) is 2. The maximum Gasteiger partial charge on any atom is 0.233 e. The minimum Gasteiger partial charge on any atom is -0.387 e. The molecule has 1 atom stereocenters. The molecule has 1 heterocycles. The number of amides is 1. The zero-order valence-electron chi connectivity index (χ0n) is 14.6. The van der Waals surface area contributed by atoms with Gasteiger partial charge in [0.25, 0.3) is 0 Å². The first-order valence-corrected chi connectivity index (χ1v) is 8.20. The van der Waals surface area contributed by atoms with Gasteiger partial charge in [0.05, 0.1) is 23.0 Å². The molecule has 0 saturated heterocycles. The molecule has 1 unspecified atom stereocenters. The first-order chi connectivity index (χ1) is 11.5. The molecule has 128 valence electrons. The van der Waals surface area contributed by atoms with E-state index in [1.54, 1.807) is 12.1 Å². The Morgan fingerprint density at radius 1 is 1.17 bits per heavy atom. The number of carbonyl (C=O) groups excluding carboxylic acids is 1. The summed E-state index contributed by atoms with van der Waals surface area (Å²) in [6.07, 6.45) is 0.786. The molecular formula is C19H24FN3O. The predicted molar refractivity (Wildman–Crippen MR) is 95.8 cm³/mol. The highest BCUT2D eigenvalue weighted by atomic mass is 19.1. The van der Waals surface area contributed by atoms with Gasteiger partial charge in [-0.1, -0.05) is 20.8 Å². The second kappa shape index (κ2) is 7.90. The quantitative estimate of drug-likeness (QED) is 0.835. The first kappa shape index (κ1) is 17.9.